The molecule has 1 aromatic heterocycles. The number of phenols is 1. The van der Waals surface area contributed by atoms with Crippen molar-refractivity contribution < 1.29 is 24.5 Å². The van der Waals surface area contributed by atoms with E-state index in [9.17, 15) is 19.8 Å². The summed E-state index contributed by atoms with van der Waals surface area (Å²) < 4.78 is 5.49. The highest BCUT2D eigenvalue weighted by Crippen LogP contribution is 2.46. The highest BCUT2D eigenvalue weighted by Gasteiger charge is 2.48. The highest BCUT2D eigenvalue weighted by molar-refractivity contribution is 7.10. The number of aliphatic hydroxyl groups is 1. The first-order valence-corrected chi connectivity index (χ1v) is 11.3. The fourth-order valence-corrected chi connectivity index (χ4v) is 4.89. The second-order valence-electron chi connectivity index (χ2n) is 8.84. The van der Waals surface area contributed by atoms with Gasteiger partial charge in [-0.1, -0.05) is 39.0 Å². The van der Waals surface area contributed by atoms with Crippen LogP contribution in [0.2, 0.25) is 0 Å². The zero-order valence-corrected chi connectivity index (χ0v) is 19.6. The Morgan fingerprint density at radius 1 is 1.06 bits per heavy atom. The lowest BCUT2D eigenvalue weighted by Crippen LogP contribution is -2.29. The van der Waals surface area contributed by atoms with Crippen LogP contribution in [0.3, 0.4) is 0 Å². The van der Waals surface area contributed by atoms with Crippen LogP contribution in [0, 0.1) is 0 Å². The number of hydrogen-bond acceptors (Lipinski definition) is 6. The molecule has 1 amide bonds. The van der Waals surface area contributed by atoms with Gasteiger partial charge in [0.15, 0.2) is 0 Å². The monoisotopic (exact) mass is 463 g/mol. The molecule has 0 spiro atoms. The molecular formula is C26H25NO5S. The number of nitrogens with zero attached hydrogens (tertiary/aromatic N) is 1. The normalized spacial score (nSPS) is 18.1. The molecule has 2 aromatic carbocycles. The van der Waals surface area contributed by atoms with Gasteiger partial charge in [-0.2, -0.15) is 0 Å². The topological polar surface area (TPSA) is 87.1 Å². The molecule has 1 saturated heterocycles. The van der Waals surface area contributed by atoms with Gasteiger partial charge < -0.3 is 14.9 Å². The number of ether oxygens (including phenoxy) is 1. The summed E-state index contributed by atoms with van der Waals surface area (Å²) in [5.41, 5.74) is 1.18. The molecule has 0 bridgehead atoms. The molecule has 0 radical (unpaired) electrons. The Kier molecular flexibility index (Phi) is 5.76. The van der Waals surface area contributed by atoms with Gasteiger partial charge >= 0.3 is 0 Å². The molecule has 6 nitrogen and oxygen atoms in total. The molecule has 2 N–H and O–H groups in total. The molecule has 3 aromatic rings. The number of carbonyl (C=O) groups is 2. The van der Waals surface area contributed by atoms with E-state index in [1.54, 1.807) is 49.6 Å². The number of para-hydroxylation sites is 2. The predicted octanol–water partition coefficient (Wildman–Crippen LogP) is 5.39. The Morgan fingerprint density at radius 2 is 1.79 bits per heavy atom. The molecule has 170 valence electrons. The number of aliphatic hydroxyl groups excluding tert-OH is 1. The molecule has 4 rings (SSSR count). The number of thiophene rings is 1. The number of amides is 1. The maximum absolute atomic E-state index is 13.2. The van der Waals surface area contributed by atoms with Gasteiger partial charge in [0.1, 0.15) is 23.3 Å². The van der Waals surface area contributed by atoms with Crippen molar-refractivity contribution in [2.45, 2.75) is 32.2 Å². The van der Waals surface area contributed by atoms with Gasteiger partial charge in [-0.25, -0.2) is 0 Å². The Bertz CT molecular complexity index is 1250. The molecule has 1 unspecified atom stereocenters. The van der Waals surface area contributed by atoms with Crippen LogP contribution < -0.4 is 9.64 Å². The lowest BCUT2D eigenvalue weighted by Gasteiger charge is -2.25. The van der Waals surface area contributed by atoms with Crippen LogP contribution in [-0.4, -0.2) is 29.0 Å². The molecule has 0 saturated carbocycles. The number of ketones is 1. The maximum atomic E-state index is 13.2. The van der Waals surface area contributed by atoms with E-state index in [0.717, 1.165) is 5.56 Å². The Labute approximate surface area is 196 Å². The lowest BCUT2D eigenvalue weighted by molar-refractivity contribution is -0.132. The van der Waals surface area contributed by atoms with Gasteiger partial charge in [0.05, 0.1) is 18.4 Å². The summed E-state index contributed by atoms with van der Waals surface area (Å²) in [6.07, 6.45) is 0. The summed E-state index contributed by atoms with van der Waals surface area (Å²) in [7, 11) is 1.58. The molecule has 1 aliphatic rings. The van der Waals surface area contributed by atoms with Gasteiger partial charge in [-0.05, 0) is 47.2 Å². The zero-order valence-electron chi connectivity index (χ0n) is 18.8. The van der Waals surface area contributed by atoms with E-state index in [0.29, 0.717) is 16.2 Å². The predicted molar refractivity (Wildman–Crippen MR) is 129 cm³/mol. The number of aromatic hydroxyl groups is 1. The summed E-state index contributed by atoms with van der Waals surface area (Å²) in [5, 5.41) is 23.6. The number of methoxy groups -OCH3 is 1. The van der Waals surface area contributed by atoms with Crippen molar-refractivity contribution in [1.29, 1.82) is 0 Å². The number of Topliss-reactive ketones (excluding diaryl/α,β-unsaturated/α-hetero) is 1. The van der Waals surface area contributed by atoms with Crippen molar-refractivity contribution in [1.82, 2.24) is 0 Å². The third kappa shape index (κ3) is 3.89. The average Bonchev–Trinajstić information content (AvgIpc) is 3.40. The number of benzene rings is 2. The minimum absolute atomic E-state index is 0.0178. The van der Waals surface area contributed by atoms with Crippen LogP contribution in [0.5, 0.6) is 11.5 Å². The van der Waals surface area contributed by atoms with Gasteiger partial charge in [-0.15, -0.1) is 11.3 Å². The van der Waals surface area contributed by atoms with E-state index in [-0.39, 0.29) is 28.2 Å². The number of carbonyl (C=O) groups excluding carboxylic acids is 2. The first kappa shape index (κ1) is 22.6. The molecule has 7 heteroatoms. The van der Waals surface area contributed by atoms with E-state index in [1.165, 1.54) is 22.3 Å². The minimum atomic E-state index is -0.863. The Hall–Kier alpha value is -3.58. The summed E-state index contributed by atoms with van der Waals surface area (Å²) >= 11 is 1.37. The zero-order chi connectivity index (χ0) is 23.9. The molecule has 2 heterocycles. The van der Waals surface area contributed by atoms with Crippen molar-refractivity contribution in [2.75, 3.05) is 12.0 Å². The Balaban J connectivity index is 1.95. The van der Waals surface area contributed by atoms with Crippen molar-refractivity contribution in [3.63, 3.8) is 0 Å². The van der Waals surface area contributed by atoms with Crippen molar-refractivity contribution >= 4 is 34.5 Å². The standard InChI is InChI=1S/C26H25NO5S/c1-26(2,3)16-14-15(11-12-19(16)32-4)23(29)21-22(20-10-7-13-33-20)27(25(31)24(21)30)17-8-5-6-9-18(17)28/h5-14,22,28-29H,1-4H3/b23-21-. The first-order valence-electron chi connectivity index (χ1n) is 10.5. The van der Waals surface area contributed by atoms with Crippen LogP contribution in [0.25, 0.3) is 5.76 Å². The molecule has 1 aliphatic heterocycles. The lowest BCUT2D eigenvalue weighted by atomic mass is 9.84. The van der Waals surface area contributed by atoms with Crippen LogP contribution in [0.15, 0.2) is 65.6 Å². The fraction of sp³-hybridized carbons (Fsp3) is 0.231. The van der Waals surface area contributed by atoms with Crippen LogP contribution in [0.4, 0.5) is 5.69 Å². The number of phenolic OH excluding ortho intramolecular Hbond substituents is 1. The third-order valence-electron chi connectivity index (χ3n) is 5.68. The smallest absolute Gasteiger partial charge is 0.300 e. The van der Waals surface area contributed by atoms with Gasteiger partial charge in [0.2, 0.25) is 0 Å². The quantitative estimate of drug-likeness (QED) is 0.308. The van der Waals surface area contributed by atoms with Gasteiger partial charge in [-0.3, -0.25) is 14.5 Å². The van der Waals surface area contributed by atoms with E-state index in [2.05, 4.69) is 0 Å². The molecule has 1 fully saturated rings. The largest absolute Gasteiger partial charge is 0.507 e. The Morgan fingerprint density at radius 3 is 2.39 bits per heavy atom. The highest BCUT2D eigenvalue weighted by atomic mass is 32.1. The van der Waals surface area contributed by atoms with Crippen LogP contribution in [0.1, 0.15) is 42.8 Å². The first-order chi connectivity index (χ1) is 15.6. The second kappa shape index (κ2) is 8.41. The average molecular weight is 464 g/mol. The number of rotatable bonds is 4. The van der Waals surface area contributed by atoms with Crippen molar-refractivity contribution in [3.8, 4) is 11.5 Å². The van der Waals surface area contributed by atoms with E-state index in [1.807, 2.05) is 32.2 Å². The van der Waals surface area contributed by atoms with E-state index in [4.69, 9.17) is 4.74 Å². The van der Waals surface area contributed by atoms with Crippen molar-refractivity contribution in [3.05, 3.63) is 81.6 Å². The second-order valence-corrected chi connectivity index (χ2v) is 9.82. The molecule has 0 aliphatic carbocycles. The maximum Gasteiger partial charge on any atom is 0.300 e. The van der Waals surface area contributed by atoms with Crippen LogP contribution >= 0.6 is 11.3 Å². The molecule has 1 atom stereocenters. The number of anilines is 1. The molecular weight excluding hydrogens is 438 g/mol. The summed E-state index contributed by atoms with van der Waals surface area (Å²) in [5.74, 6) is -1.33. The summed E-state index contributed by atoms with van der Waals surface area (Å²) in [6, 6.07) is 14.3. The van der Waals surface area contributed by atoms with E-state index >= 15 is 0 Å². The van der Waals surface area contributed by atoms with Crippen LogP contribution in [-0.2, 0) is 15.0 Å². The van der Waals surface area contributed by atoms with Gasteiger partial charge in [0.25, 0.3) is 11.7 Å². The fourth-order valence-electron chi connectivity index (χ4n) is 4.06. The van der Waals surface area contributed by atoms with E-state index < -0.39 is 17.7 Å². The third-order valence-corrected chi connectivity index (χ3v) is 6.60. The SMILES string of the molecule is COc1ccc(/C(O)=C2/C(=O)C(=O)N(c3ccccc3O)C2c2cccs2)cc1C(C)(C)C. The van der Waals surface area contributed by atoms with Gasteiger partial charge in [0, 0.05) is 16.0 Å². The summed E-state index contributed by atoms with van der Waals surface area (Å²) in [6.45, 7) is 6.08. The van der Waals surface area contributed by atoms with Crippen molar-refractivity contribution in [2.24, 2.45) is 0 Å². The summed E-state index contributed by atoms with van der Waals surface area (Å²) in [4.78, 5) is 28.3. The minimum Gasteiger partial charge on any atom is -0.507 e. The number of hydrogen-bond donors (Lipinski definition) is 2. The molecule has 33 heavy (non-hydrogen) atoms.